The highest BCUT2D eigenvalue weighted by Gasteiger charge is 2.37. The molecule has 1 N–H and O–H groups in total. The van der Waals surface area contributed by atoms with Crippen molar-refractivity contribution in [3.05, 3.63) is 64.6 Å². The van der Waals surface area contributed by atoms with Gasteiger partial charge in [-0.05, 0) is 37.6 Å². The van der Waals surface area contributed by atoms with Crippen LogP contribution in [0.3, 0.4) is 0 Å². The Balaban J connectivity index is 2.02. The van der Waals surface area contributed by atoms with Gasteiger partial charge < -0.3 is 9.73 Å². The lowest BCUT2D eigenvalue weighted by molar-refractivity contribution is -0.122. The van der Waals surface area contributed by atoms with Crippen LogP contribution in [0.4, 0.5) is 0 Å². The van der Waals surface area contributed by atoms with Crippen molar-refractivity contribution in [3.63, 3.8) is 0 Å². The summed E-state index contributed by atoms with van der Waals surface area (Å²) in [5.41, 5.74) is 1.86. The number of benzene rings is 1. The monoisotopic (exact) mass is 325 g/mol. The molecule has 1 aliphatic rings. The fourth-order valence-corrected chi connectivity index (χ4v) is 2.94. The van der Waals surface area contributed by atoms with E-state index in [2.05, 4.69) is 5.32 Å². The number of hydrogen-bond donors (Lipinski definition) is 1. The molecule has 5 heteroatoms. The summed E-state index contributed by atoms with van der Waals surface area (Å²) in [5, 5.41) is 2.62. The highest BCUT2D eigenvalue weighted by Crippen LogP contribution is 2.27. The number of rotatable bonds is 2. The molecule has 116 valence electrons. The predicted molar refractivity (Wildman–Crippen MR) is 91.1 cm³/mol. The van der Waals surface area contributed by atoms with Crippen LogP contribution in [0, 0.1) is 13.8 Å². The van der Waals surface area contributed by atoms with Gasteiger partial charge in [-0.3, -0.25) is 9.59 Å². The van der Waals surface area contributed by atoms with Crippen LogP contribution in [0.2, 0.25) is 0 Å². The van der Waals surface area contributed by atoms with E-state index in [0.717, 1.165) is 11.1 Å². The molecule has 1 atom stereocenters. The van der Waals surface area contributed by atoms with Crippen molar-refractivity contribution in [3.8, 4) is 0 Å². The van der Waals surface area contributed by atoms with Crippen LogP contribution in [0.25, 0.3) is 6.08 Å². The standard InChI is InChI=1S/C18H15NO3S/c1-10-4-3-5-12(8-10)15-16(20)14(17(21)19-18(15)23)9-13-7-6-11(2)22-13/h3-9,15H,1-2H3,(H,19,21,23)/b14-9-. The smallest absolute Gasteiger partial charge is 0.259 e. The average molecular weight is 325 g/mol. The molecule has 0 saturated carbocycles. The third-order valence-corrected chi connectivity index (χ3v) is 4.03. The Morgan fingerprint density at radius 2 is 1.96 bits per heavy atom. The van der Waals surface area contributed by atoms with Crippen LogP contribution in [0.5, 0.6) is 0 Å². The fraction of sp³-hybridized carbons (Fsp3) is 0.167. The highest BCUT2D eigenvalue weighted by molar-refractivity contribution is 7.80. The lowest BCUT2D eigenvalue weighted by Crippen LogP contribution is -2.45. The lowest BCUT2D eigenvalue weighted by Gasteiger charge is -2.24. The van der Waals surface area contributed by atoms with E-state index in [9.17, 15) is 9.59 Å². The topological polar surface area (TPSA) is 59.3 Å². The minimum atomic E-state index is -0.648. The molecule has 1 saturated heterocycles. The van der Waals surface area contributed by atoms with E-state index in [1.807, 2.05) is 31.2 Å². The summed E-state index contributed by atoms with van der Waals surface area (Å²) in [4.78, 5) is 25.2. The molecular weight excluding hydrogens is 310 g/mol. The van der Waals surface area contributed by atoms with Gasteiger partial charge in [0.15, 0.2) is 5.78 Å². The molecule has 1 fully saturated rings. The van der Waals surface area contributed by atoms with Gasteiger partial charge in [0.05, 0.1) is 16.5 Å². The number of nitrogens with one attached hydrogen (secondary N) is 1. The predicted octanol–water partition coefficient (Wildman–Crippen LogP) is 3.09. The number of Topliss-reactive ketones (excluding diaryl/α,β-unsaturated/α-hetero) is 1. The van der Waals surface area contributed by atoms with Crippen LogP contribution in [0.1, 0.15) is 28.6 Å². The molecule has 2 aromatic rings. The quantitative estimate of drug-likeness (QED) is 0.524. The van der Waals surface area contributed by atoms with Gasteiger partial charge in [0, 0.05) is 0 Å². The third-order valence-electron chi connectivity index (χ3n) is 3.69. The van der Waals surface area contributed by atoms with Crippen LogP contribution in [0.15, 0.2) is 46.4 Å². The van der Waals surface area contributed by atoms with Gasteiger partial charge in [0.1, 0.15) is 11.5 Å². The van der Waals surface area contributed by atoms with Gasteiger partial charge in [0.25, 0.3) is 5.91 Å². The Hall–Kier alpha value is -2.53. The number of furan rings is 1. The molecule has 0 radical (unpaired) electrons. The van der Waals surface area contributed by atoms with Gasteiger partial charge in [-0.2, -0.15) is 0 Å². The molecule has 0 bridgehead atoms. The number of piperidine rings is 1. The van der Waals surface area contributed by atoms with Gasteiger partial charge in [-0.15, -0.1) is 0 Å². The Morgan fingerprint density at radius 3 is 2.61 bits per heavy atom. The van der Waals surface area contributed by atoms with Crippen molar-refractivity contribution in [2.45, 2.75) is 19.8 Å². The maximum absolute atomic E-state index is 12.8. The molecule has 1 aromatic heterocycles. The number of carbonyl (C=O) groups excluding carboxylic acids is 2. The van der Waals surface area contributed by atoms with Crippen molar-refractivity contribution >= 4 is 35.0 Å². The van der Waals surface area contributed by atoms with Crippen LogP contribution < -0.4 is 5.32 Å². The summed E-state index contributed by atoms with van der Waals surface area (Å²) < 4.78 is 5.43. The second-order valence-electron chi connectivity index (χ2n) is 5.54. The molecule has 1 amide bonds. The molecule has 1 aromatic carbocycles. The van der Waals surface area contributed by atoms with Gasteiger partial charge in [0.2, 0.25) is 0 Å². The van der Waals surface area contributed by atoms with Crippen molar-refractivity contribution in [2.24, 2.45) is 0 Å². The SMILES string of the molecule is Cc1cccc(C2C(=O)/C(=C/c3ccc(C)o3)C(=O)NC2=S)c1. The van der Waals surface area contributed by atoms with E-state index < -0.39 is 11.8 Å². The second kappa shape index (κ2) is 5.93. The molecule has 4 nitrogen and oxygen atoms in total. The molecule has 0 aliphatic carbocycles. The zero-order valence-corrected chi connectivity index (χ0v) is 13.6. The maximum atomic E-state index is 12.8. The maximum Gasteiger partial charge on any atom is 0.259 e. The zero-order chi connectivity index (χ0) is 16.6. The van der Waals surface area contributed by atoms with Gasteiger partial charge >= 0.3 is 0 Å². The number of thiocarbonyl (C=S) groups is 1. The van der Waals surface area contributed by atoms with E-state index >= 15 is 0 Å². The first-order chi connectivity index (χ1) is 11.0. The highest BCUT2D eigenvalue weighted by atomic mass is 32.1. The molecule has 23 heavy (non-hydrogen) atoms. The Bertz CT molecular complexity index is 847. The van der Waals surface area contributed by atoms with E-state index in [0.29, 0.717) is 11.5 Å². The van der Waals surface area contributed by atoms with Gasteiger partial charge in [-0.1, -0.05) is 42.0 Å². The molecular formula is C18H15NO3S. The van der Waals surface area contributed by atoms with E-state index in [4.69, 9.17) is 16.6 Å². The first-order valence-electron chi connectivity index (χ1n) is 7.20. The molecule has 3 rings (SSSR count). The van der Waals surface area contributed by atoms with Crippen LogP contribution in [-0.2, 0) is 9.59 Å². The minimum Gasteiger partial charge on any atom is -0.462 e. The normalized spacial score (nSPS) is 20.0. The number of hydrogen-bond acceptors (Lipinski definition) is 4. The summed E-state index contributed by atoms with van der Waals surface area (Å²) in [6, 6.07) is 11.1. The van der Waals surface area contributed by atoms with Crippen LogP contribution >= 0.6 is 12.2 Å². The van der Waals surface area contributed by atoms with Crippen molar-refractivity contribution in [2.75, 3.05) is 0 Å². The lowest BCUT2D eigenvalue weighted by atomic mass is 9.86. The Labute approximate surface area is 139 Å². The second-order valence-corrected chi connectivity index (χ2v) is 5.98. The Morgan fingerprint density at radius 1 is 1.17 bits per heavy atom. The zero-order valence-electron chi connectivity index (χ0n) is 12.8. The third kappa shape index (κ3) is 3.00. The first kappa shape index (κ1) is 15.4. The van der Waals surface area contributed by atoms with Crippen LogP contribution in [-0.4, -0.2) is 16.7 Å². The number of carbonyl (C=O) groups is 2. The van der Waals surface area contributed by atoms with Crippen molar-refractivity contribution in [1.29, 1.82) is 0 Å². The fourth-order valence-electron chi connectivity index (χ4n) is 2.60. The summed E-state index contributed by atoms with van der Waals surface area (Å²) in [6.07, 6.45) is 1.47. The molecule has 0 spiro atoms. The largest absolute Gasteiger partial charge is 0.462 e. The number of amides is 1. The average Bonchev–Trinajstić information content (AvgIpc) is 2.89. The molecule has 1 aliphatic heterocycles. The summed E-state index contributed by atoms with van der Waals surface area (Å²) >= 11 is 5.22. The number of ketones is 1. The van der Waals surface area contributed by atoms with E-state index in [1.54, 1.807) is 19.1 Å². The van der Waals surface area contributed by atoms with Crippen molar-refractivity contribution in [1.82, 2.24) is 5.32 Å². The molecule has 1 unspecified atom stereocenters. The first-order valence-corrected chi connectivity index (χ1v) is 7.60. The Kier molecular flexibility index (Phi) is 3.96. The summed E-state index contributed by atoms with van der Waals surface area (Å²) in [6.45, 7) is 3.75. The van der Waals surface area contributed by atoms with E-state index in [-0.39, 0.29) is 16.3 Å². The van der Waals surface area contributed by atoms with E-state index in [1.165, 1.54) is 6.08 Å². The van der Waals surface area contributed by atoms with Gasteiger partial charge in [-0.25, -0.2) is 0 Å². The van der Waals surface area contributed by atoms with Crippen molar-refractivity contribution < 1.29 is 14.0 Å². The summed E-state index contributed by atoms with van der Waals surface area (Å²) in [7, 11) is 0. The summed E-state index contributed by atoms with van der Waals surface area (Å²) in [5.74, 6) is -0.260. The number of aryl methyl sites for hydroxylation is 2. The minimum absolute atomic E-state index is 0.0551. The molecule has 2 heterocycles.